The van der Waals surface area contributed by atoms with Crippen LogP contribution in [0.1, 0.15) is 17.5 Å². The number of carbonyl (C=O) groups is 2. The van der Waals surface area contributed by atoms with Gasteiger partial charge in [-0.25, -0.2) is 0 Å². The molecule has 1 aromatic heterocycles. The fraction of sp³-hybridized carbons (Fsp3) is 0.250. The number of esters is 1. The van der Waals surface area contributed by atoms with Crippen LogP contribution in [0.25, 0.3) is 10.2 Å². The number of carbonyl (C=O) groups excluding carboxylic acids is 2. The van der Waals surface area contributed by atoms with Crippen molar-refractivity contribution in [3.63, 3.8) is 0 Å². The SMILES string of the molecule is COC(=O)Cn1c(=NC(=O)CCc2ccccc2)sc2cccc(C)c21. The number of fused-ring (bicyclic) bond motifs is 1. The van der Waals surface area contributed by atoms with Crippen molar-refractivity contribution in [2.24, 2.45) is 4.99 Å². The van der Waals surface area contributed by atoms with E-state index in [0.29, 0.717) is 17.6 Å². The van der Waals surface area contributed by atoms with Crippen LogP contribution < -0.4 is 4.80 Å². The molecule has 1 heterocycles. The van der Waals surface area contributed by atoms with Crippen LogP contribution in [0.4, 0.5) is 0 Å². The molecule has 0 bridgehead atoms. The Labute approximate surface area is 155 Å². The predicted molar refractivity (Wildman–Crippen MR) is 102 cm³/mol. The lowest BCUT2D eigenvalue weighted by Crippen LogP contribution is -2.22. The van der Waals surface area contributed by atoms with E-state index in [1.165, 1.54) is 18.4 Å². The summed E-state index contributed by atoms with van der Waals surface area (Å²) in [5.74, 6) is -0.567. The molecular formula is C20H20N2O3S. The van der Waals surface area contributed by atoms with Crippen molar-refractivity contribution >= 4 is 33.4 Å². The molecule has 6 heteroatoms. The molecule has 0 radical (unpaired) electrons. The average Bonchev–Trinajstić information content (AvgIpc) is 2.99. The third-order valence-electron chi connectivity index (χ3n) is 4.11. The Kier molecular flexibility index (Phi) is 5.63. The van der Waals surface area contributed by atoms with Gasteiger partial charge in [-0.15, -0.1) is 0 Å². The summed E-state index contributed by atoms with van der Waals surface area (Å²) in [4.78, 5) is 29.0. The van der Waals surface area contributed by atoms with E-state index in [-0.39, 0.29) is 18.4 Å². The van der Waals surface area contributed by atoms with E-state index in [2.05, 4.69) is 4.99 Å². The van der Waals surface area contributed by atoms with Crippen molar-refractivity contribution in [3.8, 4) is 0 Å². The first-order chi connectivity index (χ1) is 12.6. The number of rotatable bonds is 5. The lowest BCUT2D eigenvalue weighted by molar-refractivity contribution is -0.141. The number of amides is 1. The van der Waals surface area contributed by atoms with E-state index >= 15 is 0 Å². The summed E-state index contributed by atoms with van der Waals surface area (Å²) in [6.07, 6.45) is 0.972. The van der Waals surface area contributed by atoms with Crippen LogP contribution in [0.2, 0.25) is 0 Å². The molecular weight excluding hydrogens is 348 g/mol. The van der Waals surface area contributed by atoms with Crippen molar-refractivity contribution in [3.05, 3.63) is 64.5 Å². The highest BCUT2D eigenvalue weighted by atomic mass is 32.1. The number of aryl methyl sites for hydroxylation is 2. The van der Waals surface area contributed by atoms with E-state index in [4.69, 9.17) is 4.74 Å². The summed E-state index contributed by atoms with van der Waals surface area (Å²) in [6.45, 7) is 2.01. The summed E-state index contributed by atoms with van der Waals surface area (Å²) in [5.41, 5.74) is 3.05. The zero-order valence-corrected chi connectivity index (χ0v) is 15.6. The third-order valence-corrected chi connectivity index (χ3v) is 5.15. The summed E-state index contributed by atoms with van der Waals surface area (Å²) in [5, 5.41) is 0. The van der Waals surface area contributed by atoms with Crippen LogP contribution >= 0.6 is 11.3 Å². The number of aromatic nitrogens is 1. The van der Waals surface area contributed by atoms with Crippen LogP contribution in [0.5, 0.6) is 0 Å². The molecule has 26 heavy (non-hydrogen) atoms. The summed E-state index contributed by atoms with van der Waals surface area (Å²) in [6, 6.07) is 15.7. The van der Waals surface area contributed by atoms with Crippen LogP contribution in [0, 0.1) is 6.92 Å². The zero-order chi connectivity index (χ0) is 18.5. The van der Waals surface area contributed by atoms with Crippen molar-refractivity contribution in [2.45, 2.75) is 26.3 Å². The summed E-state index contributed by atoms with van der Waals surface area (Å²) >= 11 is 1.41. The predicted octanol–water partition coefficient (Wildman–Crippen LogP) is 3.24. The van der Waals surface area contributed by atoms with Crippen LogP contribution in [-0.2, 0) is 27.3 Å². The molecule has 3 aromatic rings. The van der Waals surface area contributed by atoms with Gasteiger partial charge in [-0.05, 0) is 30.5 Å². The normalized spacial score (nSPS) is 11.7. The van der Waals surface area contributed by atoms with Gasteiger partial charge in [0.1, 0.15) is 6.54 Å². The molecule has 0 unspecified atom stereocenters. The third kappa shape index (κ3) is 4.08. The van der Waals surface area contributed by atoms with E-state index in [1.54, 1.807) is 4.57 Å². The van der Waals surface area contributed by atoms with Crippen LogP contribution in [-0.4, -0.2) is 23.6 Å². The highest BCUT2D eigenvalue weighted by Crippen LogP contribution is 2.21. The minimum atomic E-state index is -0.369. The van der Waals surface area contributed by atoms with Gasteiger partial charge < -0.3 is 9.30 Å². The van der Waals surface area contributed by atoms with Gasteiger partial charge in [-0.3, -0.25) is 9.59 Å². The average molecular weight is 368 g/mol. The fourth-order valence-corrected chi connectivity index (χ4v) is 3.92. The number of hydrogen-bond donors (Lipinski definition) is 0. The molecule has 0 saturated heterocycles. The molecule has 134 valence electrons. The molecule has 0 aliphatic carbocycles. The highest BCUT2D eigenvalue weighted by molar-refractivity contribution is 7.16. The first-order valence-electron chi connectivity index (χ1n) is 8.35. The molecule has 5 nitrogen and oxygen atoms in total. The van der Waals surface area contributed by atoms with Gasteiger partial charge in [0.25, 0.3) is 0 Å². The van der Waals surface area contributed by atoms with Gasteiger partial charge in [0.2, 0.25) is 5.91 Å². The molecule has 0 atom stereocenters. The molecule has 1 amide bonds. The molecule has 0 fully saturated rings. The molecule has 0 aliphatic rings. The maximum atomic E-state index is 12.4. The smallest absolute Gasteiger partial charge is 0.325 e. The Morgan fingerprint density at radius 1 is 1.12 bits per heavy atom. The second-order valence-electron chi connectivity index (χ2n) is 5.96. The number of hydrogen-bond acceptors (Lipinski definition) is 4. The van der Waals surface area contributed by atoms with Crippen molar-refractivity contribution < 1.29 is 14.3 Å². The Balaban J connectivity index is 1.93. The first kappa shape index (κ1) is 18.1. The van der Waals surface area contributed by atoms with Gasteiger partial charge in [0.15, 0.2) is 4.80 Å². The maximum Gasteiger partial charge on any atom is 0.325 e. The standard InChI is InChI=1S/C20H20N2O3S/c1-14-7-6-10-16-19(14)22(13-18(24)25-2)20(26-16)21-17(23)12-11-15-8-4-3-5-9-15/h3-10H,11-13H2,1-2H3. The highest BCUT2D eigenvalue weighted by Gasteiger charge is 2.13. The molecule has 0 saturated carbocycles. The zero-order valence-electron chi connectivity index (χ0n) is 14.8. The van der Waals surface area contributed by atoms with Gasteiger partial charge in [-0.2, -0.15) is 4.99 Å². The van der Waals surface area contributed by atoms with Crippen molar-refractivity contribution in [1.82, 2.24) is 4.57 Å². The van der Waals surface area contributed by atoms with Gasteiger partial charge in [0, 0.05) is 6.42 Å². The molecule has 3 rings (SSSR count). The molecule has 0 spiro atoms. The second-order valence-corrected chi connectivity index (χ2v) is 6.97. The minimum Gasteiger partial charge on any atom is -0.468 e. The van der Waals surface area contributed by atoms with Crippen molar-refractivity contribution in [1.29, 1.82) is 0 Å². The lowest BCUT2D eigenvalue weighted by Gasteiger charge is -2.05. The van der Waals surface area contributed by atoms with E-state index in [9.17, 15) is 9.59 Å². The quantitative estimate of drug-likeness (QED) is 0.650. The summed E-state index contributed by atoms with van der Waals surface area (Å²) in [7, 11) is 1.35. The number of benzene rings is 2. The Morgan fingerprint density at radius 2 is 1.88 bits per heavy atom. The van der Waals surface area contributed by atoms with E-state index in [0.717, 1.165) is 21.3 Å². The Morgan fingerprint density at radius 3 is 2.62 bits per heavy atom. The van der Waals surface area contributed by atoms with Crippen LogP contribution in [0.3, 0.4) is 0 Å². The van der Waals surface area contributed by atoms with E-state index in [1.807, 2.05) is 55.5 Å². The number of nitrogens with zero attached hydrogens (tertiary/aromatic N) is 2. The number of ether oxygens (including phenoxy) is 1. The van der Waals surface area contributed by atoms with Crippen molar-refractivity contribution in [2.75, 3.05) is 7.11 Å². The first-order valence-corrected chi connectivity index (χ1v) is 9.17. The fourth-order valence-electron chi connectivity index (χ4n) is 2.79. The van der Waals surface area contributed by atoms with Gasteiger partial charge in [-0.1, -0.05) is 53.8 Å². The second kappa shape index (κ2) is 8.10. The maximum absolute atomic E-state index is 12.4. The molecule has 2 aromatic carbocycles. The van der Waals surface area contributed by atoms with Crippen LogP contribution in [0.15, 0.2) is 53.5 Å². The Bertz CT molecular complexity index is 1000. The van der Waals surface area contributed by atoms with Gasteiger partial charge >= 0.3 is 5.97 Å². The monoisotopic (exact) mass is 368 g/mol. The minimum absolute atomic E-state index is 0.0339. The number of thiazole rings is 1. The topological polar surface area (TPSA) is 60.7 Å². The largest absolute Gasteiger partial charge is 0.468 e. The lowest BCUT2D eigenvalue weighted by atomic mass is 10.1. The Hall–Kier alpha value is -2.73. The molecule has 0 N–H and O–H groups in total. The number of para-hydroxylation sites is 1. The van der Waals surface area contributed by atoms with E-state index < -0.39 is 0 Å². The summed E-state index contributed by atoms with van der Waals surface area (Å²) < 4.78 is 7.55. The molecule has 0 aliphatic heterocycles. The number of methoxy groups -OCH3 is 1. The van der Waals surface area contributed by atoms with Gasteiger partial charge in [0.05, 0.1) is 17.3 Å².